The Morgan fingerprint density at radius 3 is 1.74 bits per heavy atom. The molecule has 0 N–H and O–H groups in total. The van der Waals surface area contributed by atoms with Crippen LogP contribution in [0, 0.1) is 12.3 Å². The van der Waals surface area contributed by atoms with Gasteiger partial charge in [-0.1, -0.05) is 65.5 Å². The number of terminal acetylenes is 1. The number of carbonyl (C=O) groups excluding carboxylic acids is 3. The summed E-state index contributed by atoms with van der Waals surface area (Å²) in [4.78, 5) is 42.0. The van der Waals surface area contributed by atoms with Crippen LogP contribution in [0.2, 0.25) is 10.0 Å². The Balaban J connectivity index is 1.83. The molecule has 3 aromatic carbocycles. The van der Waals surface area contributed by atoms with Gasteiger partial charge in [-0.05, 0) is 48.0 Å². The summed E-state index contributed by atoms with van der Waals surface area (Å²) in [6, 6.07) is 18.9. The van der Waals surface area contributed by atoms with Gasteiger partial charge in [0.15, 0.2) is 5.75 Å². The lowest BCUT2D eigenvalue weighted by molar-refractivity contribution is -0.121. The smallest absolute Gasteiger partial charge is 0.343 e. The van der Waals surface area contributed by atoms with Gasteiger partial charge in [0.1, 0.15) is 12.2 Å². The second kappa shape index (κ2) is 9.84. The van der Waals surface area contributed by atoms with Crippen molar-refractivity contribution in [2.75, 3.05) is 16.4 Å². The molecule has 0 radical (unpaired) electrons. The Labute approximate surface area is 205 Å². The summed E-state index contributed by atoms with van der Waals surface area (Å²) < 4.78 is 5.35. The van der Waals surface area contributed by atoms with Gasteiger partial charge in [-0.3, -0.25) is 9.59 Å². The largest absolute Gasteiger partial charge is 0.478 e. The van der Waals surface area contributed by atoms with Crippen LogP contribution in [0.4, 0.5) is 16.2 Å². The summed E-state index contributed by atoms with van der Waals surface area (Å²) in [6.45, 7) is -0.0307. The van der Waals surface area contributed by atoms with Crippen LogP contribution in [0.15, 0.2) is 78.4 Å². The van der Waals surface area contributed by atoms with E-state index in [4.69, 9.17) is 34.4 Å². The lowest BCUT2D eigenvalue weighted by Gasteiger charge is -2.33. The van der Waals surface area contributed by atoms with E-state index in [0.717, 1.165) is 9.80 Å². The average molecular weight is 491 g/mol. The summed E-state index contributed by atoms with van der Waals surface area (Å²) in [7, 11) is 0. The van der Waals surface area contributed by atoms with E-state index in [1.54, 1.807) is 60.7 Å². The second-order valence-electron chi connectivity index (χ2n) is 7.10. The van der Waals surface area contributed by atoms with E-state index in [1.165, 1.54) is 18.2 Å². The predicted octanol–water partition coefficient (Wildman–Crippen LogP) is 5.59. The van der Waals surface area contributed by atoms with Crippen LogP contribution >= 0.6 is 23.2 Å². The quantitative estimate of drug-likeness (QED) is 0.265. The first-order valence-corrected chi connectivity index (χ1v) is 10.8. The van der Waals surface area contributed by atoms with Crippen LogP contribution in [0.25, 0.3) is 6.08 Å². The van der Waals surface area contributed by atoms with Gasteiger partial charge < -0.3 is 4.74 Å². The van der Waals surface area contributed by atoms with Crippen LogP contribution in [0.1, 0.15) is 5.56 Å². The molecule has 1 heterocycles. The van der Waals surface area contributed by atoms with E-state index in [1.807, 2.05) is 0 Å². The maximum Gasteiger partial charge on any atom is 0.343 e. The molecule has 0 aromatic heterocycles. The average Bonchev–Trinajstić information content (AvgIpc) is 2.83. The Hall–Kier alpha value is -4.05. The van der Waals surface area contributed by atoms with Crippen molar-refractivity contribution in [2.24, 2.45) is 0 Å². The van der Waals surface area contributed by atoms with Gasteiger partial charge in [0.2, 0.25) is 0 Å². The molecule has 1 saturated heterocycles. The number of carbonyl (C=O) groups is 3. The van der Waals surface area contributed by atoms with Crippen LogP contribution in [0.5, 0.6) is 5.75 Å². The molecule has 1 aliphatic rings. The fourth-order valence-electron chi connectivity index (χ4n) is 3.42. The molecule has 0 unspecified atom stereocenters. The van der Waals surface area contributed by atoms with E-state index in [0.29, 0.717) is 16.9 Å². The van der Waals surface area contributed by atoms with E-state index in [-0.39, 0.29) is 28.0 Å². The number of nitrogens with zero attached hydrogens (tertiary/aromatic N) is 2. The maximum atomic E-state index is 13.4. The van der Waals surface area contributed by atoms with Crippen LogP contribution in [0.3, 0.4) is 0 Å². The van der Waals surface area contributed by atoms with Crippen molar-refractivity contribution in [3.05, 3.63) is 94.0 Å². The number of rotatable bonds is 5. The fourth-order valence-corrected chi connectivity index (χ4v) is 4.03. The second-order valence-corrected chi connectivity index (χ2v) is 7.91. The van der Waals surface area contributed by atoms with E-state index in [9.17, 15) is 14.4 Å². The van der Waals surface area contributed by atoms with Crippen LogP contribution < -0.4 is 14.5 Å². The van der Waals surface area contributed by atoms with Crippen molar-refractivity contribution >= 4 is 58.5 Å². The number of imide groups is 2. The monoisotopic (exact) mass is 490 g/mol. The van der Waals surface area contributed by atoms with Gasteiger partial charge in [0.25, 0.3) is 11.8 Å². The summed E-state index contributed by atoms with van der Waals surface area (Å²) in [5.41, 5.74) is 0.781. The number of anilines is 2. The summed E-state index contributed by atoms with van der Waals surface area (Å²) >= 11 is 12.6. The minimum absolute atomic E-state index is 0.0307. The summed E-state index contributed by atoms with van der Waals surface area (Å²) in [5.74, 6) is 0.975. The van der Waals surface area contributed by atoms with Crippen molar-refractivity contribution in [1.29, 1.82) is 0 Å². The molecule has 3 aromatic rings. The van der Waals surface area contributed by atoms with Gasteiger partial charge in [-0.2, -0.15) is 0 Å². The highest BCUT2D eigenvalue weighted by Crippen LogP contribution is 2.36. The number of hydrogen-bond donors (Lipinski definition) is 0. The molecule has 0 aliphatic carbocycles. The van der Waals surface area contributed by atoms with Gasteiger partial charge in [-0.25, -0.2) is 14.6 Å². The molecular weight excluding hydrogens is 475 g/mol. The molecule has 0 spiro atoms. The molecule has 168 valence electrons. The third-order valence-corrected chi connectivity index (χ3v) is 5.47. The molecule has 1 fully saturated rings. The highest BCUT2D eigenvalue weighted by Gasteiger charge is 2.43. The first-order valence-electron chi connectivity index (χ1n) is 10.0. The van der Waals surface area contributed by atoms with E-state index < -0.39 is 17.8 Å². The van der Waals surface area contributed by atoms with Crippen LogP contribution in [-0.4, -0.2) is 24.5 Å². The lowest BCUT2D eigenvalue weighted by atomic mass is 10.0. The molecule has 8 heteroatoms. The Kier molecular flexibility index (Phi) is 6.69. The molecule has 1 aliphatic heterocycles. The SMILES string of the molecule is C#CCOc1c(Cl)cc(C=C2C(=O)N(c3ccccc3)C(=O)N(c3ccccc3)C2=O)cc1Cl. The van der Waals surface area contributed by atoms with E-state index >= 15 is 0 Å². The third kappa shape index (κ3) is 4.40. The van der Waals surface area contributed by atoms with Crippen LogP contribution in [-0.2, 0) is 9.59 Å². The molecule has 0 saturated carbocycles. The number of ether oxygens (including phenoxy) is 1. The molecule has 34 heavy (non-hydrogen) atoms. The Morgan fingerprint density at radius 2 is 1.29 bits per heavy atom. The zero-order chi connectivity index (χ0) is 24.2. The molecule has 6 nitrogen and oxygen atoms in total. The molecule has 0 bridgehead atoms. The third-order valence-electron chi connectivity index (χ3n) is 4.91. The predicted molar refractivity (Wildman–Crippen MR) is 132 cm³/mol. The number of barbiturate groups is 1. The Morgan fingerprint density at radius 1 is 0.824 bits per heavy atom. The number of hydrogen-bond acceptors (Lipinski definition) is 4. The summed E-state index contributed by atoms with van der Waals surface area (Å²) in [6.07, 6.45) is 6.55. The molecular formula is C26H16Cl2N2O4. The van der Waals surface area contributed by atoms with Gasteiger partial charge in [0.05, 0.1) is 21.4 Å². The van der Waals surface area contributed by atoms with Crippen molar-refractivity contribution < 1.29 is 19.1 Å². The van der Waals surface area contributed by atoms with Gasteiger partial charge in [-0.15, -0.1) is 6.42 Å². The number of urea groups is 1. The van der Waals surface area contributed by atoms with Crippen molar-refractivity contribution in [1.82, 2.24) is 0 Å². The number of amides is 4. The first-order chi connectivity index (χ1) is 16.4. The minimum Gasteiger partial charge on any atom is -0.478 e. The molecule has 4 rings (SSSR count). The first kappa shape index (κ1) is 23.1. The zero-order valence-corrected chi connectivity index (χ0v) is 19.1. The number of halogens is 2. The number of para-hydroxylation sites is 2. The number of benzene rings is 3. The zero-order valence-electron chi connectivity index (χ0n) is 17.6. The van der Waals surface area contributed by atoms with E-state index in [2.05, 4.69) is 5.92 Å². The van der Waals surface area contributed by atoms with Gasteiger partial charge in [0, 0.05) is 0 Å². The molecule has 4 amide bonds. The van der Waals surface area contributed by atoms with Crippen molar-refractivity contribution in [3.8, 4) is 18.1 Å². The normalized spacial score (nSPS) is 13.7. The molecule has 0 atom stereocenters. The lowest BCUT2D eigenvalue weighted by Crippen LogP contribution is -2.57. The topological polar surface area (TPSA) is 66.9 Å². The maximum absolute atomic E-state index is 13.4. The fraction of sp³-hybridized carbons (Fsp3) is 0.0385. The highest BCUT2D eigenvalue weighted by molar-refractivity contribution is 6.46. The standard InChI is InChI=1S/C26H16Cl2N2O4/c1-2-13-34-23-21(27)15-17(16-22(23)28)14-20-24(31)29(18-9-5-3-6-10-18)26(33)30(25(20)32)19-11-7-4-8-12-19/h1,3-12,14-16H,13H2. The van der Waals surface area contributed by atoms with Crippen molar-refractivity contribution in [3.63, 3.8) is 0 Å². The Bertz CT molecular complexity index is 1260. The summed E-state index contributed by atoms with van der Waals surface area (Å²) in [5, 5.41) is 0.308. The minimum atomic E-state index is -0.779. The highest BCUT2D eigenvalue weighted by atomic mass is 35.5. The van der Waals surface area contributed by atoms with Crippen molar-refractivity contribution in [2.45, 2.75) is 0 Å². The van der Waals surface area contributed by atoms with Gasteiger partial charge >= 0.3 is 6.03 Å².